The van der Waals surface area contributed by atoms with E-state index >= 15 is 0 Å². The first-order chi connectivity index (χ1) is 6.83. The molecular weight excluding hydrogens is 212 g/mol. The molecular formula is C10H20N2S2. The quantitative estimate of drug-likeness (QED) is 0.784. The molecule has 14 heavy (non-hydrogen) atoms. The van der Waals surface area contributed by atoms with E-state index in [-0.39, 0.29) is 0 Å². The number of nitrogens with zero attached hydrogens (tertiary/aromatic N) is 1. The fourth-order valence-corrected chi connectivity index (χ4v) is 4.57. The highest BCUT2D eigenvalue weighted by molar-refractivity contribution is 7.99. The third-order valence-electron chi connectivity index (χ3n) is 3.44. The van der Waals surface area contributed by atoms with Crippen molar-refractivity contribution in [3.63, 3.8) is 0 Å². The van der Waals surface area contributed by atoms with E-state index in [2.05, 4.69) is 35.3 Å². The van der Waals surface area contributed by atoms with E-state index in [1.165, 1.54) is 31.0 Å². The Balaban J connectivity index is 1.92. The van der Waals surface area contributed by atoms with E-state index in [0.29, 0.717) is 0 Å². The van der Waals surface area contributed by atoms with Gasteiger partial charge in [-0.25, -0.2) is 0 Å². The molecule has 2 aliphatic heterocycles. The van der Waals surface area contributed by atoms with Gasteiger partial charge in [-0.3, -0.25) is 4.90 Å². The largest absolute Gasteiger partial charge is 0.314 e. The maximum Gasteiger partial charge on any atom is 0.0351 e. The van der Waals surface area contributed by atoms with Gasteiger partial charge in [0, 0.05) is 36.2 Å². The second-order valence-corrected chi connectivity index (χ2v) is 6.41. The molecule has 2 nitrogen and oxygen atoms in total. The Hall–Kier alpha value is 0.620. The van der Waals surface area contributed by atoms with E-state index in [1.807, 2.05) is 11.8 Å². The highest BCUT2D eigenvalue weighted by atomic mass is 32.2. The predicted octanol–water partition coefficient (Wildman–Crippen LogP) is 1.13. The fourth-order valence-electron chi connectivity index (χ4n) is 2.40. The molecule has 0 aromatic rings. The summed E-state index contributed by atoms with van der Waals surface area (Å²) in [5.41, 5.74) is 0. The highest BCUT2D eigenvalue weighted by Gasteiger charge is 2.33. The third-order valence-corrected chi connectivity index (χ3v) is 5.67. The molecule has 4 heteroatoms. The second-order valence-electron chi connectivity index (χ2n) is 4.18. The first-order valence-electron chi connectivity index (χ1n) is 5.36. The molecule has 0 saturated carbocycles. The SMILES string of the molecule is CSC1CNCC1N(C)C1CCSC1. The van der Waals surface area contributed by atoms with Gasteiger partial charge in [0.15, 0.2) is 0 Å². The second kappa shape index (κ2) is 5.10. The summed E-state index contributed by atoms with van der Waals surface area (Å²) in [5, 5.41) is 4.31. The van der Waals surface area contributed by atoms with Crippen LogP contribution in [0.2, 0.25) is 0 Å². The van der Waals surface area contributed by atoms with Crippen molar-refractivity contribution in [2.45, 2.75) is 23.8 Å². The first kappa shape index (κ1) is 11.1. The van der Waals surface area contributed by atoms with Crippen LogP contribution in [0.15, 0.2) is 0 Å². The van der Waals surface area contributed by atoms with Crippen molar-refractivity contribution in [2.75, 3.05) is 37.9 Å². The number of rotatable bonds is 3. The summed E-state index contributed by atoms with van der Waals surface area (Å²) < 4.78 is 0. The molecule has 0 amide bonds. The summed E-state index contributed by atoms with van der Waals surface area (Å²) in [7, 11) is 2.32. The maximum atomic E-state index is 3.51. The number of thioether (sulfide) groups is 2. The number of likely N-dealkylation sites (N-methyl/N-ethyl adjacent to an activating group) is 1. The van der Waals surface area contributed by atoms with Gasteiger partial charge in [-0.1, -0.05) is 0 Å². The van der Waals surface area contributed by atoms with Crippen molar-refractivity contribution in [1.29, 1.82) is 0 Å². The summed E-state index contributed by atoms with van der Waals surface area (Å²) in [6, 6.07) is 1.59. The molecule has 0 spiro atoms. The van der Waals surface area contributed by atoms with Gasteiger partial charge in [0.05, 0.1) is 0 Å². The average Bonchev–Trinajstić information content (AvgIpc) is 2.87. The Kier molecular flexibility index (Phi) is 4.05. The topological polar surface area (TPSA) is 15.3 Å². The lowest BCUT2D eigenvalue weighted by molar-refractivity contribution is 0.202. The van der Waals surface area contributed by atoms with Crippen LogP contribution >= 0.6 is 23.5 Å². The minimum atomic E-state index is 0.758. The molecule has 2 saturated heterocycles. The minimum Gasteiger partial charge on any atom is -0.314 e. The molecule has 0 aliphatic carbocycles. The molecule has 2 heterocycles. The standard InChI is InChI=1S/C10H20N2S2/c1-12(8-3-4-14-7-8)9-5-11-6-10(9)13-2/h8-11H,3-7H2,1-2H3. The number of hydrogen-bond acceptors (Lipinski definition) is 4. The van der Waals surface area contributed by atoms with Gasteiger partial charge in [-0.05, 0) is 25.5 Å². The lowest BCUT2D eigenvalue weighted by Crippen LogP contribution is -2.45. The normalized spacial score (nSPS) is 38.4. The lowest BCUT2D eigenvalue weighted by Gasteiger charge is -2.32. The van der Waals surface area contributed by atoms with Crippen LogP contribution in [0.5, 0.6) is 0 Å². The molecule has 1 N–H and O–H groups in total. The summed E-state index contributed by atoms with van der Waals surface area (Å²) in [5.74, 6) is 2.70. The molecule has 0 aromatic heterocycles. The Morgan fingerprint density at radius 1 is 1.43 bits per heavy atom. The summed E-state index contributed by atoms with van der Waals surface area (Å²) in [6.45, 7) is 2.37. The highest BCUT2D eigenvalue weighted by Crippen LogP contribution is 2.27. The predicted molar refractivity (Wildman–Crippen MR) is 67.5 cm³/mol. The zero-order valence-electron chi connectivity index (χ0n) is 9.03. The summed E-state index contributed by atoms with van der Waals surface area (Å²) in [6.07, 6.45) is 3.63. The zero-order chi connectivity index (χ0) is 9.97. The Morgan fingerprint density at radius 2 is 2.29 bits per heavy atom. The van der Waals surface area contributed by atoms with Crippen LogP contribution in [0.1, 0.15) is 6.42 Å². The van der Waals surface area contributed by atoms with Crippen LogP contribution in [0.3, 0.4) is 0 Å². The number of hydrogen-bond donors (Lipinski definition) is 1. The molecule has 3 unspecified atom stereocenters. The van der Waals surface area contributed by atoms with Crippen LogP contribution in [0, 0.1) is 0 Å². The Labute approximate surface area is 95.6 Å². The van der Waals surface area contributed by atoms with Crippen molar-refractivity contribution in [2.24, 2.45) is 0 Å². The van der Waals surface area contributed by atoms with Crippen LogP contribution in [0.4, 0.5) is 0 Å². The Bertz CT molecular complexity index is 183. The zero-order valence-corrected chi connectivity index (χ0v) is 10.7. The molecule has 2 rings (SSSR count). The fraction of sp³-hybridized carbons (Fsp3) is 1.00. The molecule has 0 bridgehead atoms. The van der Waals surface area contributed by atoms with Crippen molar-refractivity contribution < 1.29 is 0 Å². The molecule has 2 aliphatic rings. The molecule has 0 aromatic carbocycles. The van der Waals surface area contributed by atoms with Crippen LogP contribution in [-0.2, 0) is 0 Å². The van der Waals surface area contributed by atoms with E-state index in [1.54, 1.807) is 0 Å². The van der Waals surface area contributed by atoms with Gasteiger partial charge in [0.1, 0.15) is 0 Å². The van der Waals surface area contributed by atoms with Gasteiger partial charge in [-0.15, -0.1) is 0 Å². The molecule has 2 fully saturated rings. The molecule has 3 atom stereocenters. The van der Waals surface area contributed by atoms with Gasteiger partial charge in [0.25, 0.3) is 0 Å². The monoisotopic (exact) mass is 232 g/mol. The van der Waals surface area contributed by atoms with Crippen LogP contribution in [0.25, 0.3) is 0 Å². The average molecular weight is 232 g/mol. The van der Waals surface area contributed by atoms with Crippen molar-refractivity contribution >= 4 is 23.5 Å². The maximum absolute atomic E-state index is 3.51. The van der Waals surface area contributed by atoms with E-state index < -0.39 is 0 Å². The van der Waals surface area contributed by atoms with E-state index in [4.69, 9.17) is 0 Å². The van der Waals surface area contributed by atoms with Crippen molar-refractivity contribution in [3.05, 3.63) is 0 Å². The molecule has 82 valence electrons. The van der Waals surface area contributed by atoms with Crippen LogP contribution < -0.4 is 5.32 Å². The van der Waals surface area contributed by atoms with Gasteiger partial charge < -0.3 is 5.32 Å². The summed E-state index contributed by atoms with van der Waals surface area (Å²) in [4.78, 5) is 2.63. The third kappa shape index (κ3) is 2.23. The van der Waals surface area contributed by atoms with Gasteiger partial charge in [0.2, 0.25) is 0 Å². The lowest BCUT2D eigenvalue weighted by atomic mass is 10.1. The van der Waals surface area contributed by atoms with Gasteiger partial charge >= 0.3 is 0 Å². The molecule has 0 radical (unpaired) electrons. The van der Waals surface area contributed by atoms with Gasteiger partial charge in [-0.2, -0.15) is 23.5 Å². The Morgan fingerprint density at radius 3 is 2.93 bits per heavy atom. The van der Waals surface area contributed by atoms with E-state index in [0.717, 1.165) is 17.3 Å². The smallest absolute Gasteiger partial charge is 0.0351 e. The van der Waals surface area contributed by atoms with Crippen molar-refractivity contribution in [1.82, 2.24) is 10.2 Å². The summed E-state index contributed by atoms with van der Waals surface area (Å²) >= 11 is 4.13. The van der Waals surface area contributed by atoms with Crippen LogP contribution in [-0.4, -0.2) is 60.1 Å². The number of nitrogens with one attached hydrogen (secondary N) is 1. The van der Waals surface area contributed by atoms with E-state index in [9.17, 15) is 0 Å². The van der Waals surface area contributed by atoms with Crippen molar-refractivity contribution in [3.8, 4) is 0 Å². The minimum absolute atomic E-state index is 0.758. The first-order valence-corrected chi connectivity index (χ1v) is 7.80.